The highest BCUT2D eigenvalue weighted by atomic mass is 32.2. The summed E-state index contributed by atoms with van der Waals surface area (Å²) in [4.78, 5) is 11.7. The normalized spacial score (nSPS) is 27.8. The lowest BCUT2D eigenvalue weighted by Crippen LogP contribution is -2.26. The Hall–Kier alpha value is -0.750. The largest absolute Gasteiger partial charge is 0.344 e. The van der Waals surface area contributed by atoms with Crippen LogP contribution in [0.2, 0.25) is 0 Å². The van der Waals surface area contributed by atoms with Crippen LogP contribution in [-0.4, -0.2) is 32.6 Å². The number of nitrogens with zero attached hydrogens (tertiary/aromatic N) is 2. The zero-order valence-corrected chi connectivity index (χ0v) is 11.5. The molecule has 0 bridgehead atoms. The van der Waals surface area contributed by atoms with E-state index in [4.69, 9.17) is 0 Å². The Balaban J connectivity index is 1.65. The summed E-state index contributed by atoms with van der Waals surface area (Å²) in [6.45, 7) is 3.19. The molecule has 2 aliphatic rings. The van der Waals surface area contributed by atoms with Gasteiger partial charge in [-0.3, -0.25) is 4.57 Å². The first-order chi connectivity index (χ1) is 8.78. The van der Waals surface area contributed by atoms with Crippen molar-refractivity contribution in [2.75, 3.05) is 6.54 Å². The summed E-state index contributed by atoms with van der Waals surface area (Å²) in [5.41, 5.74) is -0.0405. The van der Waals surface area contributed by atoms with Crippen LogP contribution < -0.4 is 11.0 Å². The van der Waals surface area contributed by atoms with Crippen LogP contribution in [0.5, 0.6) is 0 Å². The van der Waals surface area contributed by atoms with E-state index >= 15 is 0 Å². The van der Waals surface area contributed by atoms with Crippen LogP contribution in [0.3, 0.4) is 0 Å². The molecule has 0 aliphatic heterocycles. The number of thioether (sulfide) groups is 1. The number of hydrogen-bond donors (Lipinski definition) is 2. The minimum absolute atomic E-state index is 0.0405. The second-order valence-corrected chi connectivity index (χ2v) is 6.49. The zero-order valence-electron chi connectivity index (χ0n) is 10.7. The fourth-order valence-electron chi connectivity index (χ4n) is 2.70. The Morgan fingerprint density at radius 3 is 3.00 bits per heavy atom. The van der Waals surface area contributed by atoms with E-state index in [0.29, 0.717) is 17.3 Å². The summed E-state index contributed by atoms with van der Waals surface area (Å²) in [6, 6.07) is 1.05. The minimum atomic E-state index is -0.0405. The molecular weight excluding hydrogens is 248 g/mol. The first-order valence-corrected chi connectivity index (χ1v) is 7.73. The van der Waals surface area contributed by atoms with Crippen LogP contribution in [0.1, 0.15) is 45.1 Å². The van der Waals surface area contributed by atoms with Crippen LogP contribution in [0, 0.1) is 0 Å². The van der Waals surface area contributed by atoms with Crippen LogP contribution in [-0.2, 0) is 0 Å². The third-order valence-corrected chi connectivity index (χ3v) is 4.99. The lowest BCUT2D eigenvalue weighted by atomic mass is 10.2. The van der Waals surface area contributed by atoms with Gasteiger partial charge in [0.1, 0.15) is 0 Å². The lowest BCUT2D eigenvalue weighted by molar-refractivity contribution is 0.543. The smallest absolute Gasteiger partial charge is 0.314 e. The molecule has 6 heteroatoms. The Kier molecular flexibility index (Phi) is 3.48. The van der Waals surface area contributed by atoms with E-state index in [1.54, 1.807) is 11.8 Å². The molecular formula is C12H20N4OS. The number of nitrogens with one attached hydrogen (secondary N) is 2. The fourth-order valence-corrected chi connectivity index (χ4v) is 4.02. The van der Waals surface area contributed by atoms with Gasteiger partial charge in [-0.2, -0.15) is 0 Å². The monoisotopic (exact) mass is 268 g/mol. The molecule has 5 nitrogen and oxygen atoms in total. The van der Waals surface area contributed by atoms with Crippen molar-refractivity contribution in [2.45, 2.75) is 61.5 Å². The molecule has 2 atom stereocenters. The maximum absolute atomic E-state index is 11.7. The van der Waals surface area contributed by atoms with E-state index in [-0.39, 0.29) is 5.69 Å². The highest BCUT2D eigenvalue weighted by Crippen LogP contribution is 2.39. The molecule has 2 unspecified atom stereocenters. The molecule has 3 rings (SSSR count). The van der Waals surface area contributed by atoms with E-state index in [1.807, 2.05) is 4.57 Å². The molecule has 0 radical (unpaired) electrons. The second-order valence-electron chi connectivity index (χ2n) is 5.22. The van der Waals surface area contributed by atoms with Gasteiger partial charge in [-0.25, -0.2) is 9.89 Å². The lowest BCUT2D eigenvalue weighted by Gasteiger charge is -2.11. The van der Waals surface area contributed by atoms with Gasteiger partial charge in [0.2, 0.25) is 0 Å². The molecule has 100 valence electrons. The van der Waals surface area contributed by atoms with Crippen molar-refractivity contribution in [3.05, 3.63) is 10.5 Å². The Morgan fingerprint density at radius 2 is 2.28 bits per heavy atom. The molecule has 0 spiro atoms. The molecule has 2 saturated carbocycles. The standard InChI is InChI=1S/C12H20N4OS/c1-2-13-8-3-6-10(7-8)18-12-15-14-11(17)16(12)9-4-5-9/h8-10,13H,2-7H2,1H3,(H,14,17). The molecule has 0 aromatic carbocycles. The maximum atomic E-state index is 11.7. The maximum Gasteiger partial charge on any atom is 0.344 e. The van der Waals surface area contributed by atoms with Gasteiger partial charge < -0.3 is 5.32 Å². The Labute approximate surface area is 111 Å². The van der Waals surface area contributed by atoms with Crippen molar-refractivity contribution >= 4 is 11.8 Å². The molecule has 1 aromatic rings. The number of rotatable bonds is 5. The van der Waals surface area contributed by atoms with Gasteiger partial charge in [-0.1, -0.05) is 18.7 Å². The fraction of sp³-hybridized carbons (Fsp3) is 0.833. The summed E-state index contributed by atoms with van der Waals surface area (Å²) in [7, 11) is 0. The van der Waals surface area contributed by atoms with E-state index < -0.39 is 0 Å². The van der Waals surface area contributed by atoms with Crippen molar-refractivity contribution in [1.82, 2.24) is 20.1 Å². The molecule has 18 heavy (non-hydrogen) atoms. The van der Waals surface area contributed by atoms with E-state index in [1.165, 1.54) is 19.3 Å². The third kappa shape index (κ3) is 2.49. The van der Waals surface area contributed by atoms with Crippen LogP contribution in [0.25, 0.3) is 0 Å². The van der Waals surface area contributed by atoms with Crippen molar-refractivity contribution < 1.29 is 0 Å². The van der Waals surface area contributed by atoms with Gasteiger partial charge in [0.05, 0.1) is 0 Å². The van der Waals surface area contributed by atoms with Crippen molar-refractivity contribution in [1.29, 1.82) is 0 Å². The Morgan fingerprint density at radius 1 is 1.44 bits per heavy atom. The van der Waals surface area contributed by atoms with Crippen molar-refractivity contribution in [3.8, 4) is 0 Å². The third-order valence-electron chi connectivity index (χ3n) is 3.73. The first-order valence-electron chi connectivity index (χ1n) is 6.85. The summed E-state index contributed by atoms with van der Waals surface area (Å²) >= 11 is 1.78. The van der Waals surface area contributed by atoms with Crippen molar-refractivity contribution in [2.24, 2.45) is 0 Å². The number of H-pyrrole nitrogens is 1. The number of hydrogen-bond acceptors (Lipinski definition) is 4. The average molecular weight is 268 g/mol. The van der Waals surface area contributed by atoms with Gasteiger partial charge in [0.25, 0.3) is 0 Å². The molecule has 2 aliphatic carbocycles. The van der Waals surface area contributed by atoms with Gasteiger partial charge in [-0.05, 0) is 38.6 Å². The Bertz CT molecular complexity index is 465. The first kappa shape index (κ1) is 12.3. The van der Waals surface area contributed by atoms with Crippen LogP contribution in [0.4, 0.5) is 0 Å². The molecule has 1 aromatic heterocycles. The summed E-state index contributed by atoms with van der Waals surface area (Å²) in [5, 5.41) is 11.8. The molecule has 0 amide bonds. The topological polar surface area (TPSA) is 62.7 Å². The van der Waals surface area contributed by atoms with Gasteiger partial charge in [0, 0.05) is 17.3 Å². The molecule has 0 saturated heterocycles. The predicted molar refractivity (Wildman–Crippen MR) is 72.1 cm³/mol. The number of aromatic amines is 1. The van der Waals surface area contributed by atoms with Gasteiger partial charge in [0.15, 0.2) is 5.16 Å². The van der Waals surface area contributed by atoms with E-state index in [0.717, 1.165) is 24.5 Å². The average Bonchev–Trinajstić information content (AvgIpc) is 2.98. The van der Waals surface area contributed by atoms with Crippen molar-refractivity contribution in [3.63, 3.8) is 0 Å². The van der Waals surface area contributed by atoms with E-state index in [2.05, 4.69) is 22.4 Å². The quantitative estimate of drug-likeness (QED) is 0.850. The molecule has 2 fully saturated rings. The predicted octanol–water partition coefficient (Wildman–Crippen LogP) is 1.53. The highest BCUT2D eigenvalue weighted by Gasteiger charge is 2.31. The van der Waals surface area contributed by atoms with Crippen LogP contribution >= 0.6 is 11.8 Å². The molecule has 1 heterocycles. The SMILES string of the molecule is CCNC1CCC(Sc2n[nH]c(=O)n2C2CC2)C1. The second kappa shape index (κ2) is 5.09. The minimum Gasteiger partial charge on any atom is -0.314 e. The van der Waals surface area contributed by atoms with Gasteiger partial charge >= 0.3 is 5.69 Å². The molecule has 2 N–H and O–H groups in total. The van der Waals surface area contributed by atoms with Gasteiger partial charge in [-0.15, -0.1) is 5.10 Å². The van der Waals surface area contributed by atoms with E-state index in [9.17, 15) is 4.79 Å². The zero-order chi connectivity index (χ0) is 12.5. The van der Waals surface area contributed by atoms with Crippen LogP contribution in [0.15, 0.2) is 9.95 Å². The number of aromatic nitrogens is 3. The summed E-state index contributed by atoms with van der Waals surface area (Å²) in [6.07, 6.45) is 5.89. The highest BCUT2D eigenvalue weighted by molar-refractivity contribution is 7.99. The summed E-state index contributed by atoms with van der Waals surface area (Å²) < 4.78 is 1.85. The summed E-state index contributed by atoms with van der Waals surface area (Å²) in [5.74, 6) is 0.